The van der Waals surface area contributed by atoms with Crippen molar-refractivity contribution in [3.63, 3.8) is 0 Å². The fourth-order valence-corrected chi connectivity index (χ4v) is 1.83. The highest BCUT2D eigenvalue weighted by Crippen LogP contribution is 2.19. The second kappa shape index (κ2) is 5.69. The van der Waals surface area contributed by atoms with Crippen LogP contribution >= 0.6 is 0 Å². The average molecular weight is 248 g/mol. The quantitative estimate of drug-likeness (QED) is 0.903. The SMILES string of the molecule is NC(CCc1ccncc1)c1cc(F)cc(F)c1. The fraction of sp³-hybridized carbons (Fsp3) is 0.214. The van der Waals surface area contributed by atoms with Gasteiger partial charge in [-0.2, -0.15) is 0 Å². The Morgan fingerprint density at radius 3 is 2.28 bits per heavy atom. The maximum atomic E-state index is 13.0. The molecule has 18 heavy (non-hydrogen) atoms. The van der Waals surface area contributed by atoms with Crippen LogP contribution in [0.5, 0.6) is 0 Å². The van der Waals surface area contributed by atoms with Crippen LogP contribution in [0.1, 0.15) is 23.6 Å². The predicted octanol–water partition coefficient (Wildman–Crippen LogP) is 2.99. The molecule has 0 bridgehead atoms. The van der Waals surface area contributed by atoms with E-state index in [2.05, 4.69) is 4.98 Å². The zero-order valence-corrected chi connectivity index (χ0v) is 9.81. The first kappa shape index (κ1) is 12.6. The summed E-state index contributed by atoms with van der Waals surface area (Å²) < 4.78 is 26.1. The van der Waals surface area contributed by atoms with Gasteiger partial charge in [0.15, 0.2) is 0 Å². The van der Waals surface area contributed by atoms with Gasteiger partial charge in [-0.1, -0.05) is 0 Å². The predicted molar refractivity (Wildman–Crippen MR) is 65.8 cm³/mol. The molecule has 1 atom stereocenters. The summed E-state index contributed by atoms with van der Waals surface area (Å²) in [5, 5.41) is 0. The molecule has 94 valence electrons. The number of aromatic nitrogens is 1. The van der Waals surface area contributed by atoms with E-state index in [0.717, 1.165) is 18.1 Å². The number of pyridine rings is 1. The van der Waals surface area contributed by atoms with Crippen molar-refractivity contribution in [3.8, 4) is 0 Å². The van der Waals surface area contributed by atoms with Crippen LogP contribution in [0, 0.1) is 11.6 Å². The van der Waals surface area contributed by atoms with Crippen LogP contribution in [0.3, 0.4) is 0 Å². The Hall–Kier alpha value is -1.81. The highest BCUT2D eigenvalue weighted by atomic mass is 19.1. The van der Waals surface area contributed by atoms with Gasteiger partial charge in [0.2, 0.25) is 0 Å². The van der Waals surface area contributed by atoms with Gasteiger partial charge < -0.3 is 5.73 Å². The lowest BCUT2D eigenvalue weighted by molar-refractivity contribution is 0.567. The number of aryl methyl sites for hydroxylation is 1. The van der Waals surface area contributed by atoms with E-state index < -0.39 is 11.6 Å². The highest BCUT2D eigenvalue weighted by molar-refractivity contribution is 5.21. The van der Waals surface area contributed by atoms with Gasteiger partial charge in [-0.25, -0.2) is 8.78 Å². The van der Waals surface area contributed by atoms with E-state index in [-0.39, 0.29) is 6.04 Å². The molecular weight excluding hydrogens is 234 g/mol. The lowest BCUT2D eigenvalue weighted by atomic mass is 10.00. The molecule has 2 aromatic rings. The number of hydrogen-bond acceptors (Lipinski definition) is 2. The lowest BCUT2D eigenvalue weighted by Crippen LogP contribution is -2.12. The number of nitrogens with two attached hydrogens (primary N) is 1. The van der Waals surface area contributed by atoms with Crippen molar-refractivity contribution in [2.24, 2.45) is 5.73 Å². The van der Waals surface area contributed by atoms with Crippen LogP contribution in [0.2, 0.25) is 0 Å². The Balaban J connectivity index is 2.01. The van der Waals surface area contributed by atoms with Gasteiger partial charge >= 0.3 is 0 Å². The third kappa shape index (κ3) is 3.34. The maximum Gasteiger partial charge on any atom is 0.126 e. The molecule has 2 rings (SSSR count). The van der Waals surface area contributed by atoms with Crippen LogP contribution < -0.4 is 5.73 Å². The third-order valence-electron chi connectivity index (χ3n) is 2.81. The van der Waals surface area contributed by atoms with Gasteiger partial charge in [0.25, 0.3) is 0 Å². The number of halogens is 2. The zero-order chi connectivity index (χ0) is 13.0. The van der Waals surface area contributed by atoms with E-state index in [9.17, 15) is 8.78 Å². The molecule has 1 heterocycles. The molecular formula is C14H14F2N2. The summed E-state index contributed by atoms with van der Waals surface area (Å²) in [6.07, 6.45) is 4.81. The van der Waals surface area contributed by atoms with E-state index >= 15 is 0 Å². The van der Waals surface area contributed by atoms with Crippen LogP contribution in [-0.2, 0) is 6.42 Å². The van der Waals surface area contributed by atoms with Crippen LogP contribution in [0.15, 0.2) is 42.7 Å². The Labute approximate surface area is 104 Å². The van der Waals surface area contributed by atoms with Crippen molar-refractivity contribution in [1.29, 1.82) is 0 Å². The first-order valence-corrected chi connectivity index (χ1v) is 5.75. The monoisotopic (exact) mass is 248 g/mol. The molecule has 0 aliphatic rings. The molecule has 0 radical (unpaired) electrons. The standard InChI is InChI=1S/C14H14F2N2/c15-12-7-11(8-13(16)9-12)14(17)2-1-10-3-5-18-6-4-10/h3-9,14H,1-2,17H2. The van der Waals surface area contributed by atoms with Gasteiger partial charge in [0.1, 0.15) is 11.6 Å². The minimum absolute atomic E-state index is 0.372. The van der Waals surface area contributed by atoms with Crippen molar-refractivity contribution in [2.45, 2.75) is 18.9 Å². The Morgan fingerprint density at radius 1 is 1.06 bits per heavy atom. The molecule has 1 aromatic heterocycles. The van der Waals surface area contributed by atoms with Crippen LogP contribution in [-0.4, -0.2) is 4.98 Å². The molecule has 0 aliphatic heterocycles. The van der Waals surface area contributed by atoms with Gasteiger partial charge in [0, 0.05) is 24.5 Å². The van der Waals surface area contributed by atoms with Crippen molar-refractivity contribution in [2.75, 3.05) is 0 Å². The molecule has 1 unspecified atom stereocenters. The van der Waals surface area contributed by atoms with E-state index in [4.69, 9.17) is 5.73 Å². The van der Waals surface area contributed by atoms with Crippen LogP contribution in [0.25, 0.3) is 0 Å². The second-order valence-corrected chi connectivity index (χ2v) is 4.20. The molecule has 0 amide bonds. The molecule has 0 spiro atoms. The molecule has 0 saturated carbocycles. The molecule has 4 heteroatoms. The van der Waals surface area contributed by atoms with Crippen molar-refractivity contribution < 1.29 is 8.78 Å². The number of hydrogen-bond donors (Lipinski definition) is 1. The maximum absolute atomic E-state index is 13.0. The first-order valence-electron chi connectivity index (χ1n) is 5.75. The topological polar surface area (TPSA) is 38.9 Å². The summed E-state index contributed by atoms with van der Waals surface area (Å²) in [6.45, 7) is 0. The summed E-state index contributed by atoms with van der Waals surface area (Å²) in [6, 6.07) is 6.83. The summed E-state index contributed by atoms with van der Waals surface area (Å²) in [5.41, 5.74) is 7.53. The number of rotatable bonds is 4. The minimum Gasteiger partial charge on any atom is -0.324 e. The summed E-state index contributed by atoms with van der Waals surface area (Å²) in [4.78, 5) is 3.92. The normalized spacial score (nSPS) is 12.4. The van der Waals surface area contributed by atoms with Crippen molar-refractivity contribution in [1.82, 2.24) is 4.98 Å². The Kier molecular flexibility index (Phi) is 3.99. The summed E-state index contributed by atoms with van der Waals surface area (Å²) >= 11 is 0. The summed E-state index contributed by atoms with van der Waals surface area (Å²) in [7, 11) is 0. The van der Waals surface area contributed by atoms with Gasteiger partial charge in [0.05, 0.1) is 0 Å². The molecule has 0 saturated heterocycles. The van der Waals surface area contributed by atoms with Gasteiger partial charge in [-0.05, 0) is 48.2 Å². The highest BCUT2D eigenvalue weighted by Gasteiger charge is 2.09. The minimum atomic E-state index is -0.593. The van der Waals surface area contributed by atoms with E-state index in [1.54, 1.807) is 12.4 Å². The number of benzene rings is 1. The lowest BCUT2D eigenvalue weighted by Gasteiger charge is -2.12. The molecule has 2 nitrogen and oxygen atoms in total. The molecule has 0 fully saturated rings. The van der Waals surface area contributed by atoms with E-state index in [1.807, 2.05) is 12.1 Å². The largest absolute Gasteiger partial charge is 0.324 e. The van der Waals surface area contributed by atoms with Crippen molar-refractivity contribution >= 4 is 0 Å². The zero-order valence-electron chi connectivity index (χ0n) is 9.81. The summed E-state index contributed by atoms with van der Waals surface area (Å²) in [5.74, 6) is -1.19. The molecule has 1 aromatic carbocycles. The van der Waals surface area contributed by atoms with Crippen LogP contribution in [0.4, 0.5) is 8.78 Å². The average Bonchev–Trinajstić information content (AvgIpc) is 2.36. The first-order chi connectivity index (χ1) is 8.65. The molecule has 2 N–H and O–H groups in total. The van der Waals surface area contributed by atoms with E-state index in [0.29, 0.717) is 12.0 Å². The van der Waals surface area contributed by atoms with Gasteiger partial charge in [-0.15, -0.1) is 0 Å². The van der Waals surface area contributed by atoms with Crippen molar-refractivity contribution in [3.05, 3.63) is 65.5 Å². The second-order valence-electron chi connectivity index (χ2n) is 4.20. The third-order valence-corrected chi connectivity index (χ3v) is 2.81. The molecule has 0 aliphatic carbocycles. The van der Waals surface area contributed by atoms with E-state index in [1.165, 1.54) is 12.1 Å². The smallest absolute Gasteiger partial charge is 0.126 e. The van der Waals surface area contributed by atoms with Gasteiger partial charge in [-0.3, -0.25) is 4.98 Å². The number of nitrogens with zero attached hydrogens (tertiary/aromatic N) is 1. The Bertz CT molecular complexity index is 494. The Morgan fingerprint density at radius 2 is 1.67 bits per heavy atom. The fourth-order valence-electron chi connectivity index (χ4n) is 1.83.